The van der Waals surface area contributed by atoms with Crippen LogP contribution in [-0.4, -0.2) is 33.4 Å². The molecule has 1 aromatic rings. The number of aliphatic hydroxyl groups is 1. The van der Waals surface area contributed by atoms with Gasteiger partial charge in [-0.1, -0.05) is 36.4 Å². The molecule has 0 radical (unpaired) electrons. The molecule has 0 aliphatic carbocycles. The van der Waals surface area contributed by atoms with Crippen molar-refractivity contribution in [1.29, 1.82) is 0 Å². The molecular formula is C10H12O5. The van der Waals surface area contributed by atoms with Crippen LogP contribution in [0.1, 0.15) is 6.42 Å². The summed E-state index contributed by atoms with van der Waals surface area (Å²) in [6.45, 7) is 0. The third-order valence-corrected chi connectivity index (χ3v) is 1.32. The Morgan fingerprint density at radius 2 is 1.27 bits per heavy atom. The van der Waals surface area contributed by atoms with E-state index in [1.54, 1.807) is 0 Å². The van der Waals surface area contributed by atoms with Crippen LogP contribution >= 0.6 is 0 Å². The van der Waals surface area contributed by atoms with Crippen molar-refractivity contribution in [2.45, 2.75) is 12.5 Å². The van der Waals surface area contributed by atoms with Crippen molar-refractivity contribution in [2.75, 3.05) is 0 Å². The maximum atomic E-state index is 9.72. The molecule has 0 aromatic heterocycles. The van der Waals surface area contributed by atoms with Crippen molar-refractivity contribution >= 4 is 11.9 Å². The van der Waals surface area contributed by atoms with E-state index >= 15 is 0 Å². The fourth-order valence-electron chi connectivity index (χ4n) is 0.638. The first-order chi connectivity index (χ1) is 7.04. The largest absolute Gasteiger partial charge is 0.481 e. The number of aliphatic hydroxyl groups excluding tert-OH is 1. The van der Waals surface area contributed by atoms with Crippen molar-refractivity contribution in [3.63, 3.8) is 0 Å². The molecule has 82 valence electrons. The molecule has 15 heavy (non-hydrogen) atoms. The predicted octanol–water partition coefficient (Wildman–Crippen LogP) is 0.593. The van der Waals surface area contributed by atoms with Gasteiger partial charge < -0.3 is 15.3 Å². The lowest BCUT2D eigenvalue weighted by Gasteiger charge is -1.97. The van der Waals surface area contributed by atoms with Gasteiger partial charge in [0.2, 0.25) is 0 Å². The number of benzene rings is 1. The number of carboxylic acid groups (broad SMARTS) is 2. The molecule has 3 N–H and O–H groups in total. The second-order valence-corrected chi connectivity index (χ2v) is 2.61. The minimum absolute atomic E-state index is 0.755. The van der Waals surface area contributed by atoms with Crippen LogP contribution in [0.25, 0.3) is 0 Å². The summed E-state index contributed by atoms with van der Waals surface area (Å²) in [6.07, 6.45) is -2.54. The number of carboxylic acids is 2. The van der Waals surface area contributed by atoms with Crippen LogP contribution < -0.4 is 0 Å². The summed E-state index contributed by atoms with van der Waals surface area (Å²) in [5.74, 6) is -2.85. The van der Waals surface area contributed by atoms with Gasteiger partial charge in [0.1, 0.15) is 0 Å². The molecule has 0 bridgehead atoms. The van der Waals surface area contributed by atoms with Gasteiger partial charge in [0.15, 0.2) is 6.10 Å². The van der Waals surface area contributed by atoms with E-state index in [1.807, 2.05) is 36.4 Å². The maximum absolute atomic E-state index is 9.72. The van der Waals surface area contributed by atoms with Crippen molar-refractivity contribution in [2.24, 2.45) is 0 Å². The number of hydrogen-bond donors (Lipinski definition) is 3. The summed E-state index contributed by atoms with van der Waals surface area (Å²) < 4.78 is 0. The highest BCUT2D eigenvalue weighted by Crippen LogP contribution is 1.89. The van der Waals surface area contributed by atoms with Crippen molar-refractivity contribution in [1.82, 2.24) is 0 Å². The Morgan fingerprint density at radius 1 is 0.933 bits per heavy atom. The van der Waals surface area contributed by atoms with Gasteiger partial charge in [-0.25, -0.2) is 4.79 Å². The first kappa shape index (κ1) is 13.1. The lowest BCUT2D eigenvalue weighted by atomic mass is 10.3. The van der Waals surface area contributed by atoms with Crippen molar-refractivity contribution in [3.05, 3.63) is 36.4 Å². The molecule has 0 aliphatic heterocycles. The van der Waals surface area contributed by atoms with Crippen molar-refractivity contribution in [3.8, 4) is 0 Å². The zero-order chi connectivity index (χ0) is 11.7. The van der Waals surface area contributed by atoms with E-state index in [-0.39, 0.29) is 0 Å². The molecule has 0 aliphatic rings. The van der Waals surface area contributed by atoms with Crippen LogP contribution in [0.5, 0.6) is 0 Å². The molecule has 1 rings (SSSR count). The number of rotatable bonds is 3. The second-order valence-electron chi connectivity index (χ2n) is 2.61. The molecule has 0 saturated carbocycles. The third-order valence-electron chi connectivity index (χ3n) is 1.32. The van der Waals surface area contributed by atoms with Gasteiger partial charge in [-0.05, 0) is 0 Å². The fourth-order valence-corrected chi connectivity index (χ4v) is 0.638. The molecule has 5 heteroatoms. The Kier molecular flexibility index (Phi) is 6.57. The van der Waals surface area contributed by atoms with Gasteiger partial charge in [-0.3, -0.25) is 4.79 Å². The molecule has 5 nitrogen and oxygen atoms in total. The van der Waals surface area contributed by atoms with Gasteiger partial charge in [-0.15, -0.1) is 0 Å². The summed E-state index contributed by atoms with van der Waals surface area (Å²) in [5, 5.41) is 24.1. The molecule has 0 saturated heterocycles. The second kappa shape index (κ2) is 7.52. The molecule has 0 amide bonds. The highest BCUT2D eigenvalue weighted by molar-refractivity contribution is 5.79. The third kappa shape index (κ3) is 8.45. The first-order valence-electron chi connectivity index (χ1n) is 4.16. The monoisotopic (exact) mass is 212 g/mol. The molecule has 0 fully saturated rings. The van der Waals surface area contributed by atoms with Crippen LogP contribution in [0.2, 0.25) is 0 Å². The molecular weight excluding hydrogens is 200 g/mol. The van der Waals surface area contributed by atoms with E-state index in [9.17, 15) is 9.59 Å². The molecule has 1 unspecified atom stereocenters. The summed E-state index contributed by atoms with van der Waals surface area (Å²) in [7, 11) is 0. The number of carbonyl (C=O) groups is 2. The van der Waals surface area contributed by atoms with Gasteiger partial charge in [0.05, 0.1) is 6.42 Å². The van der Waals surface area contributed by atoms with E-state index in [1.165, 1.54) is 0 Å². The fraction of sp³-hybridized carbons (Fsp3) is 0.200. The van der Waals surface area contributed by atoms with Crippen LogP contribution in [-0.2, 0) is 9.59 Å². The zero-order valence-electron chi connectivity index (χ0n) is 7.91. The lowest BCUT2D eigenvalue weighted by molar-refractivity contribution is -0.152. The van der Waals surface area contributed by atoms with Gasteiger partial charge in [0, 0.05) is 0 Å². The Hall–Kier alpha value is -1.88. The van der Waals surface area contributed by atoms with Gasteiger partial charge in [0.25, 0.3) is 0 Å². The minimum Gasteiger partial charge on any atom is -0.481 e. The Morgan fingerprint density at radius 3 is 1.40 bits per heavy atom. The predicted molar refractivity (Wildman–Crippen MR) is 52.3 cm³/mol. The van der Waals surface area contributed by atoms with E-state index in [2.05, 4.69) is 0 Å². The smallest absolute Gasteiger partial charge is 0.333 e. The van der Waals surface area contributed by atoms with Gasteiger partial charge in [-0.2, -0.15) is 0 Å². The first-order valence-corrected chi connectivity index (χ1v) is 4.16. The normalized spacial score (nSPS) is 10.7. The minimum atomic E-state index is -1.79. The van der Waals surface area contributed by atoms with E-state index in [0.29, 0.717) is 0 Å². The quantitative estimate of drug-likeness (QED) is 0.681. The molecule has 1 aromatic carbocycles. The zero-order valence-corrected chi connectivity index (χ0v) is 7.91. The Labute approximate surface area is 86.6 Å². The van der Waals surface area contributed by atoms with Crippen molar-refractivity contribution < 1.29 is 24.9 Å². The Balaban J connectivity index is 0.000000280. The average Bonchev–Trinajstić information content (AvgIpc) is 2.20. The summed E-state index contributed by atoms with van der Waals surface area (Å²) in [6, 6.07) is 12.0. The summed E-state index contributed by atoms with van der Waals surface area (Å²) in [4.78, 5) is 19.4. The van der Waals surface area contributed by atoms with Crippen LogP contribution in [0.4, 0.5) is 0 Å². The van der Waals surface area contributed by atoms with E-state index < -0.39 is 24.5 Å². The summed E-state index contributed by atoms with van der Waals surface area (Å²) in [5.41, 5.74) is 0. The summed E-state index contributed by atoms with van der Waals surface area (Å²) >= 11 is 0. The van der Waals surface area contributed by atoms with Gasteiger partial charge >= 0.3 is 11.9 Å². The molecule has 0 spiro atoms. The number of aliphatic carboxylic acids is 2. The highest BCUT2D eigenvalue weighted by Gasteiger charge is 2.16. The van der Waals surface area contributed by atoms with Crippen LogP contribution in [0, 0.1) is 0 Å². The number of hydrogen-bond acceptors (Lipinski definition) is 3. The standard InChI is InChI=1S/C6H6.C4H6O5/c1-2-4-6-5-3-1;5-2(4(8)9)1-3(6)7/h1-6H;2,5H,1H2,(H,6,7)(H,8,9). The van der Waals surface area contributed by atoms with E-state index in [0.717, 1.165) is 0 Å². The van der Waals surface area contributed by atoms with E-state index in [4.69, 9.17) is 15.3 Å². The average molecular weight is 212 g/mol. The van der Waals surface area contributed by atoms with Crippen LogP contribution in [0.15, 0.2) is 36.4 Å². The highest BCUT2D eigenvalue weighted by atomic mass is 16.4. The maximum Gasteiger partial charge on any atom is 0.333 e. The van der Waals surface area contributed by atoms with Crippen LogP contribution in [0.3, 0.4) is 0 Å². The molecule has 0 heterocycles. The Bertz CT molecular complexity index is 269. The topological polar surface area (TPSA) is 94.8 Å². The SMILES string of the molecule is O=C(O)CC(O)C(=O)O.c1ccccc1. The molecule has 1 atom stereocenters. The lowest BCUT2D eigenvalue weighted by Crippen LogP contribution is -2.22.